The SMILES string of the molecule is CCOC(=O)Cc1csc(NN=Cc2cc(Br)ccc2OCc2ccccc2Cl)n1. The quantitative estimate of drug-likeness (QED) is 0.228. The van der Waals surface area contributed by atoms with E-state index in [-0.39, 0.29) is 12.4 Å². The number of nitrogens with zero attached hydrogens (tertiary/aromatic N) is 2. The van der Waals surface area contributed by atoms with Gasteiger partial charge in [0.15, 0.2) is 0 Å². The number of hydrazone groups is 1. The van der Waals surface area contributed by atoms with Gasteiger partial charge in [-0.05, 0) is 31.2 Å². The lowest BCUT2D eigenvalue weighted by molar-refractivity contribution is -0.142. The lowest BCUT2D eigenvalue weighted by Crippen LogP contribution is -2.07. The van der Waals surface area contributed by atoms with E-state index in [0.29, 0.717) is 34.8 Å². The van der Waals surface area contributed by atoms with Crippen LogP contribution in [0.5, 0.6) is 5.75 Å². The molecule has 0 amide bonds. The average molecular weight is 509 g/mol. The molecule has 3 aromatic rings. The first-order valence-electron chi connectivity index (χ1n) is 9.10. The van der Waals surface area contributed by atoms with Gasteiger partial charge in [0.2, 0.25) is 5.13 Å². The first-order chi connectivity index (χ1) is 14.5. The lowest BCUT2D eigenvalue weighted by atomic mass is 10.2. The molecule has 30 heavy (non-hydrogen) atoms. The molecule has 3 rings (SSSR count). The van der Waals surface area contributed by atoms with E-state index in [1.54, 1.807) is 18.5 Å². The Kier molecular flexibility index (Phi) is 8.24. The third-order valence-corrected chi connectivity index (χ3v) is 5.52. The molecule has 0 bridgehead atoms. The molecule has 9 heteroatoms. The van der Waals surface area contributed by atoms with E-state index in [1.807, 2.05) is 42.5 Å². The van der Waals surface area contributed by atoms with Crippen molar-refractivity contribution in [1.29, 1.82) is 0 Å². The van der Waals surface area contributed by atoms with Crippen LogP contribution in [0.1, 0.15) is 23.7 Å². The van der Waals surface area contributed by atoms with Crippen molar-refractivity contribution in [2.45, 2.75) is 20.0 Å². The Morgan fingerprint density at radius 3 is 2.97 bits per heavy atom. The highest BCUT2D eigenvalue weighted by atomic mass is 79.9. The van der Waals surface area contributed by atoms with Crippen LogP contribution in [0.3, 0.4) is 0 Å². The monoisotopic (exact) mass is 507 g/mol. The third-order valence-electron chi connectivity index (χ3n) is 3.86. The minimum absolute atomic E-state index is 0.140. The zero-order valence-electron chi connectivity index (χ0n) is 16.1. The Bertz CT molecular complexity index is 1040. The van der Waals surface area contributed by atoms with Crippen molar-refractivity contribution in [3.63, 3.8) is 0 Å². The fourth-order valence-electron chi connectivity index (χ4n) is 2.48. The number of benzene rings is 2. The summed E-state index contributed by atoms with van der Waals surface area (Å²) in [6, 6.07) is 13.2. The second-order valence-electron chi connectivity index (χ2n) is 6.06. The Balaban J connectivity index is 1.64. The van der Waals surface area contributed by atoms with Gasteiger partial charge in [0.25, 0.3) is 0 Å². The molecule has 1 aromatic heterocycles. The van der Waals surface area contributed by atoms with Gasteiger partial charge < -0.3 is 9.47 Å². The van der Waals surface area contributed by atoms with Gasteiger partial charge in [0.1, 0.15) is 12.4 Å². The molecule has 0 spiro atoms. The van der Waals surface area contributed by atoms with Gasteiger partial charge in [0, 0.05) is 26.0 Å². The molecular weight excluding hydrogens is 490 g/mol. The normalized spacial score (nSPS) is 10.9. The summed E-state index contributed by atoms with van der Waals surface area (Å²) in [4.78, 5) is 15.9. The number of hydrogen-bond acceptors (Lipinski definition) is 7. The highest BCUT2D eigenvalue weighted by Gasteiger charge is 2.08. The number of halogens is 2. The van der Waals surface area contributed by atoms with Crippen LogP contribution in [0, 0.1) is 0 Å². The minimum Gasteiger partial charge on any atom is -0.488 e. The molecule has 156 valence electrons. The molecule has 0 fully saturated rings. The molecule has 0 aliphatic carbocycles. The van der Waals surface area contributed by atoms with Crippen LogP contribution < -0.4 is 10.2 Å². The molecule has 0 unspecified atom stereocenters. The van der Waals surface area contributed by atoms with Gasteiger partial charge in [-0.3, -0.25) is 10.2 Å². The largest absolute Gasteiger partial charge is 0.488 e. The second kappa shape index (κ2) is 11.1. The van der Waals surface area contributed by atoms with E-state index in [0.717, 1.165) is 15.6 Å². The number of aromatic nitrogens is 1. The fraction of sp³-hybridized carbons (Fsp3) is 0.190. The van der Waals surface area contributed by atoms with E-state index in [4.69, 9.17) is 21.1 Å². The molecule has 0 radical (unpaired) electrons. The minimum atomic E-state index is -0.299. The van der Waals surface area contributed by atoms with Crippen molar-refractivity contribution in [3.05, 3.63) is 74.2 Å². The number of hydrogen-bond donors (Lipinski definition) is 1. The number of rotatable bonds is 9. The highest BCUT2D eigenvalue weighted by molar-refractivity contribution is 9.10. The topological polar surface area (TPSA) is 72.8 Å². The number of esters is 1. The molecular formula is C21H19BrClN3O3S. The maximum Gasteiger partial charge on any atom is 0.311 e. The molecule has 2 aromatic carbocycles. The highest BCUT2D eigenvalue weighted by Crippen LogP contribution is 2.24. The summed E-state index contributed by atoms with van der Waals surface area (Å²) in [5, 5.41) is 7.29. The first kappa shape index (κ1) is 22.3. The average Bonchev–Trinajstić information content (AvgIpc) is 3.15. The Morgan fingerprint density at radius 2 is 2.17 bits per heavy atom. The van der Waals surface area contributed by atoms with Gasteiger partial charge in [-0.1, -0.05) is 45.7 Å². The van der Waals surface area contributed by atoms with Crippen molar-refractivity contribution in [2.75, 3.05) is 12.0 Å². The summed E-state index contributed by atoms with van der Waals surface area (Å²) in [6.45, 7) is 2.47. The van der Waals surface area contributed by atoms with Crippen LogP contribution in [0.15, 0.2) is 57.4 Å². The van der Waals surface area contributed by atoms with E-state index in [9.17, 15) is 4.79 Å². The Morgan fingerprint density at radius 1 is 1.33 bits per heavy atom. The summed E-state index contributed by atoms with van der Waals surface area (Å²) < 4.78 is 11.8. The molecule has 0 atom stereocenters. The number of ether oxygens (including phenoxy) is 2. The zero-order valence-corrected chi connectivity index (χ0v) is 19.3. The molecule has 6 nitrogen and oxygen atoms in total. The number of thiazole rings is 1. The summed E-state index contributed by atoms with van der Waals surface area (Å²) in [7, 11) is 0. The second-order valence-corrected chi connectivity index (χ2v) is 8.24. The van der Waals surface area contributed by atoms with Crippen LogP contribution in [0.25, 0.3) is 0 Å². The lowest BCUT2D eigenvalue weighted by Gasteiger charge is -2.10. The van der Waals surface area contributed by atoms with Gasteiger partial charge >= 0.3 is 5.97 Å². The summed E-state index contributed by atoms with van der Waals surface area (Å²) in [5.41, 5.74) is 5.21. The Hall–Kier alpha value is -2.42. The van der Waals surface area contributed by atoms with E-state index in [2.05, 4.69) is 31.4 Å². The molecule has 0 aliphatic rings. The number of carbonyl (C=O) groups excluding carboxylic acids is 1. The van der Waals surface area contributed by atoms with Gasteiger partial charge in [-0.2, -0.15) is 5.10 Å². The van der Waals surface area contributed by atoms with E-state index in [1.165, 1.54) is 11.3 Å². The molecule has 1 heterocycles. The Labute approximate surface area is 192 Å². The third kappa shape index (κ3) is 6.55. The number of carbonyl (C=O) groups is 1. The fourth-order valence-corrected chi connectivity index (χ4v) is 3.71. The molecule has 0 saturated heterocycles. The van der Waals surface area contributed by atoms with Crippen molar-refractivity contribution < 1.29 is 14.3 Å². The molecule has 1 N–H and O–H groups in total. The van der Waals surface area contributed by atoms with Crippen LogP contribution in [0.4, 0.5) is 5.13 Å². The van der Waals surface area contributed by atoms with Gasteiger partial charge in [-0.15, -0.1) is 11.3 Å². The predicted molar refractivity (Wildman–Crippen MR) is 124 cm³/mol. The van der Waals surface area contributed by atoms with Crippen LogP contribution >= 0.6 is 38.9 Å². The maximum absolute atomic E-state index is 11.5. The van der Waals surface area contributed by atoms with Crippen LogP contribution in [0.2, 0.25) is 5.02 Å². The van der Waals surface area contributed by atoms with Crippen molar-refractivity contribution >= 4 is 56.2 Å². The standard InChI is InChI=1S/C21H19BrClN3O3S/c1-2-28-20(27)10-17-13-30-21(25-17)26-24-11-15-9-16(22)7-8-19(15)29-12-14-5-3-4-6-18(14)23/h3-9,11,13H,2,10,12H2,1H3,(H,25,26). The van der Waals surface area contributed by atoms with Gasteiger partial charge in [0.05, 0.1) is 24.9 Å². The summed E-state index contributed by atoms with van der Waals surface area (Å²) >= 11 is 11.0. The first-order valence-corrected chi connectivity index (χ1v) is 11.1. The summed E-state index contributed by atoms with van der Waals surface area (Å²) in [5.74, 6) is 0.373. The summed E-state index contributed by atoms with van der Waals surface area (Å²) in [6.07, 6.45) is 1.79. The van der Waals surface area contributed by atoms with E-state index < -0.39 is 0 Å². The van der Waals surface area contributed by atoms with Crippen molar-refractivity contribution in [3.8, 4) is 5.75 Å². The maximum atomic E-state index is 11.5. The predicted octanol–water partition coefficient (Wildman–Crippen LogP) is 5.69. The van der Waals surface area contributed by atoms with Crippen molar-refractivity contribution in [1.82, 2.24) is 4.98 Å². The van der Waals surface area contributed by atoms with Crippen LogP contribution in [-0.4, -0.2) is 23.8 Å². The number of anilines is 1. The van der Waals surface area contributed by atoms with Gasteiger partial charge in [-0.25, -0.2) is 4.98 Å². The molecule has 0 saturated carbocycles. The van der Waals surface area contributed by atoms with Crippen LogP contribution in [-0.2, 0) is 22.6 Å². The smallest absolute Gasteiger partial charge is 0.311 e. The number of nitrogens with one attached hydrogen (secondary N) is 1. The zero-order chi connectivity index (χ0) is 21.3. The van der Waals surface area contributed by atoms with Crippen molar-refractivity contribution in [2.24, 2.45) is 5.10 Å². The molecule has 0 aliphatic heterocycles. The van der Waals surface area contributed by atoms with E-state index >= 15 is 0 Å².